The second-order valence-corrected chi connectivity index (χ2v) is 5.22. The van der Waals surface area contributed by atoms with E-state index in [9.17, 15) is 35.9 Å². The summed E-state index contributed by atoms with van der Waals surface area (Å²) in [6, 6.07) is 0.738. The van der Waals surface area contributed by atoms with E-state index in [2.05, 4.69) is 4.98 Å². The van der Waals surface area contributed by atoms with Crippen LogP contribution in [0, 0.1) is 11.8 Å². The Bertz CT molecular complexity index is 658. The summed E-state index contributed by atoms with van der Waals surface area (Å²) in [7, 11) is 0. The van der Waals surface area contributed by atoms with Crippen molar-refractivity contribution in [3.63, 3.8) is 0 Å². The van der Waals surface area contributed by atoms with Gasteiger partial charge in [-0.2, -0.15) is 26.3 Å². The summed E-state index contributed by atoms with van der Waals surface area (Å²) in [5.74, 6) is -7.35. The number of amides is 1. The van der Waals surface area contributed by atoms with Crippen LogP contribution < -0.4 is 0 Å². The van der Waals surface area contributed by atoms with Crippen molar-refractivity contribution in [1.29, 1.82) is 0 Å². The molecule has 1 fully saturated rings. The molecule has 24 heavy (non-hydrogen) atoms. The largest absolute Gasteiger partial charge is 0.481 e. The number of hydrogen-bond acceptors (Lipinski definition) is 3. The number of carboxylic acids is 1. The van der Waals surface area contributed by atoms with Crippen LogP contribution in [-0.4, -0.2) is 46.1 Å². The first-order valence-electron chi connectivity index (χ1n) is 6.53. The van der Waals surface area contributed by atoms with E-state index in [1.807, 2.05) is 0 Å². The zero-order valence-electron chi connectivity index (χ0n) is 11.7. The predicted octanol–water partition coefficient (Wildman–Crippen LogP) is 2.44. The van der Waals surface area contributed by atoms with Gasteiger partial charge in [0.15, 0.2) is 0 Å². The van der Waals surface area contributed by atoms with Crippen molar-refractivity contribution in [2.75, 3.05) is 13.1 Å². The Morgan fingerprint density at radius 1 is 1.17 bits per heavy atom. The van der Waals surface area contributed by atoms with E-state index in [-0.39, 0.29) is 0 Å². The van der Waals surface area contributed by atoms with E-state index in [1.54, 1.807) is 0 Å². The number of halogens is 6. The molecule has 11 heteroatoms. The number of carboxylic acid groups (broad SMARTS) is 1. The van der Waals surface area contributed by atoms with Crippen LogP contribution in [0.2, 0.25) is 0 Å². The summed E-state index contributed by atoms with van der Waals surface area (Å²) in [5, 5.41) is 8.87. The van der Waals surface area contributed by atoms with Crippen molar-refractivity contribution in [2.45, 2.75) is 12.4 Å². The fraction of sp³-hybridized carbons (Fsp3) is 0.462. The van der Waals surface area contributed by atoms with Gasteiger partial charge in [0, 0.05) is 25.5 Å². The van der Waals surface area contributed by atoms with Gasteiger partial charge < -0.3 is 10.0 Å². The fourth-order valence-corrected chi connectivity index (χ4v) is 2.53. The molecule has 1 aromatic rings. The zero-order chi connectivity index (χ0) is 18.3. The highest BCUT2D eigenvalue weighted by Crippen LogP contribution is 2.39. The molecule has 1 aromatic heterocycles. The first kappa shape index (κ1) is 18.0. The highest BCUT2D eigenvalue weighted by Gasteiger charge is 2.54. The number of carbonyl (C=O) groups is 2. The minimum absolute atomic E-state index is 0.388. The average Bonchev–Trinajstić information content (AvgIpc) is 2.91. The van der Waals surface area contributed by atoms with E-state index >= 15 is 0 Å². The molecular weight excluding hydrogens is 346 g/mol. The van der Waals surface area contributed by atoms with Gasteiger partial charge in [-0.1, -0.05) is 0 Å². The zero-order valence-corrected chi connectivity index (χ0v) is 11.7. The number of likely N-dealkylation sites (tertiary alicyclic amines) is 1. The van der Waals surface area contributed by atoms with Crippen molar-refractivity contribution in [1.82, 2.24) is 9.88 Å². The van der Waals surface area contributed by atoms with Gasteiger partial charge in [0.1, 0.15) is 0 Å². The molecule has 0 bridgehead atoms. The molecular formula is C13H10F6N2O3. The molecule has 1 saturated heterocycles. The van der Waals surface area contributed by atoms with E-state index in [0.29, 0.717) is 11.1 Å². The van der Waals surface area contributed by atoms with Gasteiger partial charge in [-0.3, -0.25) is 14.6 Å². The smallest absolute Gasteiger partial charge is 0.418 e. The van der Waals surface area contributed by atoms with Gasteiger partial charge in [0.25, 0.3) is 5.91 Å². The van der Waals surface area contributed by atoms with Gasteiger partial charge in [0.05, 0.1) is 23.0 Å². The lowest BCUT2D eigenvalue weighted by Crippen LogP contribution is -2.34. The molecule has 1 aliphatic rings. The lowest BCUT2D eigenvalue weighted by molar-refractivity contribution is -0.187. The van der Waals surface area contributed by atoms with Crippen molar-refractivity contribution < 1.29 is 41.0 Å². The second kappa shape index (κ2) is 5.95. The van der Waals surface area contributed by atoms with Gasteiger partial charge in [-0.05, 0) is 6.07 Å². The van der Waals surface area contributed by atoms with Crippen molar-refractivity contribution in [3.05, 3.63) is 29.6 Å². The number of aliphatic carboxylic acids is 1. The molecule has 1 aliphatic heterocycles. The maximum absolute atomic E-state index is 12.9. The maximum Gasteiger partial charge on any atom is 0.418 e. The van der Waals surface area contributed by atoms with E-state index in [1.165, 1.54) is 0 Å². The summed E-state index contributed by atoms with van der Waals surface area (Å²) >= 11 is 0. The molecule has 132 valence electrons. The van der Waals surface area contributed by atoms with Gasteiger partial charge in [-0.15, -0.1) is 0 Å². The summed E-state index contributed by atoms with van der Waals surface area (Å²) in [5.41, 5.74) is -2.26. The molecule has 0 saturated carbocycles. The first-order valence-corrected chi connectivity index (χ1v) is 6.53. The van der Waals surface area contributed by atoms with Gasteiger partial charge in [0.2, 0.25) is 0 Å². The van der Waals surface area contributed by atoms with Gasteiger partial charge in [-0.25, -0.2) is 0 Å². The minimum atomic E-state index is -4.92. The Morgan fingerprint density at radius 3 is 2.25 bits per heavy atom. The number of aromatic nitrogens is 1. The molecule has 0 aromatic carbocycles. The van der Waals surface area contributed by atoms with Crippen LogP contribution >= 0.6 is 0 Å². The van der Waals surface area contributed by atoms with Crippen LogP contribution in [-0.2, 0) is 11.0 Å². The van der Waals surface area contributed by atoms with E-state index < -0.39 is 60.3 Å². The van der Waals surface area contributed by atoms with Crippen LogP contribution in [0.15, 0.2) is 18.5 Å². The second-order valence-electron chi connectivity index (χ2n) is 5.22. The Kier molecular flexibility index (Phi) is 4.46. The molecule has 0 spiro atoms. The number of pyridine rings is 1. The molecule has 0 aliphatic carbocycles. The number of rotatable bonds is 2. The van der Waals surface area contributed by atoms with Crippen LogP contribution in [0.5, 0.6) is 0 Å². The van der Waals surface area contributed by atoms with Crippen molar-refractivity contribution >= 4 is 11.9 Å². The SMILES string of the molecule is O=C(O)[C@@H]1CN(C(=O)c2ccncc2C(F)(F)F)C[C@H]1C(F)(F)F. The molecule has 5 nitrogen and oxygen atoms in total. The monoisotopic (exact) mass is 356 g/mol. The molecule has 2 rings (SSSR count). The third-order valence-electron chi connectivity index (χ3n) is 3.70. The number of nitrogens with zero attached hydrogens (tertiary/aromatic N) is 2. The van der Waals surface area contributed by atoms with Crippen LogP contribution in [0.1, 0.15) is 15.9 Å². The molecule has 2 atom stereocenters. The lowest BCUT2D eigenvalue weighted by atomic mass is 9.96. The number of alkyl halides is 6. The molecule has 1 amide bonds. The van der Waals surface area contributed by atoms with Crippen LogP contribution in [0.3, 0.4) is 0 Å². The minimum Gasteiger partial charge on any atom is -0.481 e. The molecule has 0 radical (unpaired) electrons. The quantitative estimate of drug-likeness (QED) is 0.827. The highest BCUT2D eigenvalue weighted by atomic mass is 19.4. The first-order chi connectivity index (χ1) is 10.9. The standard InChI is InChI=1S/C13H10F6N2O3/c14-12(15,16)8-3-20-2-1-6(8)10(22)21-4-7(11(23)24)9(5-21)13(17,18)19/h1-3,7,9H,4-5H2,(H,23,24)/t7-,9-/m1/s1. The Balaban J connectivity index is 2.34. The van der Waals surface area contributed by atoms with E-state index in [4.69, 9.17) is 5.11 Å². The van der Waals surface area contributed by atoms with Crippen LogP contribution in [0.4, 0.5) is 26.3 Å². The topological polar surface area (TPSA) is 70.5 Å². The highest BCUT2D eigenvalue weighted by molar-refractivity contribution is 5.96. The fourth-order valence-electron chi connectivity index (χ4n) is 2.53. The number of hydrogen-bond donors (Lipinski definition) is 1. The molecule has 2 heterocycles. The normalized spacial score (nSPS) is 21.8. The summed E-state index contributed by atoms with van der Waals surface area (Å²) in [6.07, 6.45) is -8.52. The van der Waals surface area contributed by atoms with Crippen LogP contribution in [0.25, 0.3) is 0 Å². The lowest BCUT2D eigenvalue weighted by Gasteiger charge is -2.20. The summed E-state index contributed by atoms with van der Waals surface area (Å²) in [4.78, 5) is 26.9. The molecule has 1 N–H and O–H groups in total. The van der Waals surface area contributed by atoms with Gasteiger partial charge >= 0.3 is 18.3 Å². The maximum atomic E-state index is 12.9. The summed E-state index contributed by atoms with van der Waals surface area (Å²) in [6.45, 7) is -1.84. The molecule has 0 unspecified atom stereocenters. The van der Waals surface area contributed by atoms with E-state index in [0.717, 1.165) is 12.3 Å². The summed E-state index contributed by atoms with van der Waals surface area (Å²) < 4.78 is 77.3. The predicted molar refractivity (Wildman–Crippen MR) is 65.8 cm³/mol. The third kappa shape index (κ3) is 3.44. The van der Waals surface area contributed by atoms with Crippen molar-refractivity contribution in [2.24, 2.45) is 11.8 Å². The van der Waals surface area contributed by atoms with Crippen molar-refractivity contribution in [3.8, 4) is 0 Å². The Hall–Kier alpha value is -2.33. The Labute approximate surface area is 130 Å². The Morgan fingerprint density at radius 2 is 1.79 bits per heavy atom. The third-order valence-corrected chi connectivity index (χ3v) is 3.70. The average molecular weight is 356 g/mol. The number of carbonyl (C=O) groups excluding carboxylic acids is 1.